The van der Waals surface area contributed by atoms with Gasteiger partial charge in [0.05, 0.1) is 28.2 Å². The first-order valence-electron chi connectivity index (χ1n) is 12.7. The molecule has 1 aliphatic heterocycles. The van der Waals surface area contributed by atoms with Crippen LogP contribution in [0.1, 0.15) is 43.4 Å². The van der Waals surface area contributed by atoms with Crippen molar-refractivity contribution in [1.82, 2.24) is 16.0 Å². The summed E-state index contributed by atoms with van der Waals surface area (Å²) in [6, 6.07) is 5.54. The molecular formula is C27H32Cl2F2N4O4. The SMILES string of the molecule is CCC[C@H](NC(=O)[C@H](Cc1cc(Cl)c(O)c(Cl)c1)N[C@@H](c1ccc(N2CCC2)cc1)C(F)F)C(=O)C(=O)NC. The number of rotatable bonds is 13. The van der Waals surface area contributed by atoms with Crippen LogP contribution in [0.25, 0.3) is 0 Å². The van der Waals surface area contributed by atoms with E-state index in [0.717, 1.165) is 25.2 Å². The molecule has 2 amide bonds. The third-order valence-corrected chi connectivity index (χ3v) is 7.18. The second kappa shape index (κ2) is 13.9. The molecule has 1 saturated heterocycles. The topological polar surface area (TPSA) is 111 Å². The fourth-order valence-corrected chi connectivity index (χ4v) is 4.84. The number of alkyl halides is 2. The Hall–Kier alpha value is -2.95. The fourth-order valence-electron chi connectivity index (χ4n) is 4.31. The zero-order chi connectivity index (χ0) is 28.7. The van der Waals surface area contributed by atoms with E-state index in [1.165, 1.54) is 19.2 Å². The van der Waals surface area contributed by atoms with Crippen LogP contribution in [0.5, 0.6) is 5.75 Å². The maximum atomic E-state index is 14.3. The molecule has 0 radical (unpaired) electrons. The van der Waals surface area contributed by atoms with Gasteiger partial charge < -0.3 is 20.6 Å². The third kappa shape index (κ3) is 7.80. The van der Waals surface area contributed by atoms with E-state index in [-0.39, 0.29) is 34.2 Å². The number of anilines is 1. The van der Waals surface area contributed by atoms with Crippen LogP contribution in [0, 0.1) is 0 Å². The lowest BCUT2D eigenvalue weighted by Crippen LogP contribution is -2.54. The molecule has 0 spiro atoms. The molecule has 8 nitrogen and oxygen atoms in total. The van der Waals surface area contributed by atoms with Crippen LogP contribution in [0.15, 0.2) is 36.4 Å². The summed E-state index contributed by atoms with van der Waals surface area (Å²) in [6.45, 7) is 3.59. The van der Waals surface area contributed by atoms with Crippen molar-refractivity contribution >= 4 is 46.5 Å². The lowest BCUT2D eigenvalue weighted by Gasteiger charge is -2.33. The van der Waals surface area contributed by atoms with Crippen LogP contribution in [0.4, 0.5) is 14.5 Å². The monoisotopic (exact) mass is 584 g/mol. The molecule has 3 rings (SSSR count). The number of Topliss-reactive ketones (excluding diaryl/α,β-unsaturated/α-hetero) is 1. The predicted octanol–water partition coefficient (Wildman–Crippen LogP) is 4.02. The van der Waals surface area contributed by atoms with Gasteiger partial charge in [0.2, 0.25) is 11.7 Å². The number of likely N-dealkylation sites (N-methyl/N-ethyl adjacent to an activating group) is 1. The highest BCUT2D eigenvalue weighted by atomic mass is 35.5. The van der Waals surface area contributed by atoms with Crippen molar-refractivity contribution in [2.75, 3.05) is 25.0 Å². The van der Waals surface area contributed by atoms with Crippen molar-refractivity contribution in [3.63, 3.8) is 0 Å². The van der Waals surface area contributed by atoms with Crippen molar-refractivity contribution < 1.29 is 28.3 Å². The molecule has 4 N–H and O–H groups in total. The summed E-state index contributed by atoms with van der Waals surface area (Å²) in [6.07, 6.45) is -1.28. The average Bonchev–Trinajstić information content (AvgIpc) is 2.87. The molecule has 3 atom stereocenters. The largest absolute Gasteiger partial charge is 0.505 e. The lowest BCUT2D eigenvalue weighted by atomic mass is 9.99. The van der Waals surface area contributed by atoms with Crippen LogP contribution >= 0.6 is 23.2 Å². The maximum Gasteiger partial charge on any atom is 0.289 e. The lowest BCUT2D eigenvalue weighted by molar-refractivity contribution is -0.140. The van der Waals surface area contributed by atoms with E-state index < -0.39 is 42.1 Å². The van der Waals surface area contributed by atoms with Gasteiger partial charge in [-0.15, -0.1) is 0 Å². The van der Waals surface area contributed by atoms with E-state index in [1.807, 2.05) is 0 Å². The summed E-state index contributed by atoms with van der Waals surface area (Å²) < 4.78 is 28.7. The minimum absolute atomic E-state index is 0.0673. The number of nitrogens with one attached hydrogen (secondary N) is 3. The van der Waals surface area contributed by atoms with E-state index in [9.17, 15) is 28.3 Å². The van der Waals surface area contributed by atoms with Gasteiger partial charge in [-0.1, -0.05) is 48.7 Å². The predicted molar refractivity (Wildman–Crippen MR) is 147 cm³/mol. The molecule has 2 aromatic rings. The number of hydrogen-bond donors (Lipinski definition) is 4. The summed E-state index contributed by atoms with van der Waals surface area (Å²) in [5.41, 5.74) is 1.59. The van der Waals surface area contributed by atoms with Gasteiger partial charge in [0.25, 0.3) is 12.3 Å². The highest BCUT2D eigenvalue weighted by molar-refractivity contribution is 6.38. The number of phenols is 1. The van der Waals surface area contributed by atoms with Gasteiger partial charge in [0.1, 0.15) is 0 Å². The van der Waals surface area contributed by atoms with Gasteiger partial charge in [-0.05, 0) is 54.7 Å². The van der Waals surface area contributed by atoms with Gasteiger partial charge in [-0.2, -0.15) is 0 Å². The van der Waals surface area contributed by atoms with Crippen molar-refractivity contribution in [2.45, 2.75) is 57.2 Å². The molecule has 2 aromatic carbocycles. The van der Waals surface area contributed by atoms with Crippen molar-refractivity contribution in [3.8, 4) is 5.75 Å². The van der Waals surface area contributed by atoms with Gasteiger partial charge in [-0.3, -0.25) is 19.7 Å². The van der Waals surface area contributed by atoms with E-state index in [1.54, 1.807) is 31.2 Å². The highest BCUT2D eigenvalue weighted by Crippen LogP contribution is 2.33. The van der Waals surface area contributed by atoms with Crippen molar-refractivity contribution in [3.05, 3.63) is 57.6 Å². The number of hydrogen-bond acceptors (Lipinski definition) is 6. The van der Waals surface area contributed by atoms with E-state index in [2.05, 4.69) is 20.9 Å². The normalized spacial score (nSPS) is 15.3. The number of benzene rings is 2. The second-order valence-electron chi connectivity index (χ2n) is 9.37. The van der Waals surface area contributed by atoms with Gasteiger partial charge in [0.15, 0.2) is 5.75 Å². The quantitative estimate of drug-likeness (QED) is 0.265. The summed E-state index contributed by atoms with van der Waals surface area (Å²) in [4.78, 5) is 40.1. The molecule has 1 heterocycles. The zero-order valence-corrected chi connectivity index (χ0v) is 23.2. The van der Waals surface area contributed by atoms with E-state index in [4.69, 9.17) is 23.2 Å². The third-order valence-electron chi connectivity index (χ3n) is 6.60. The van der Waals surface area contributed by atoms with Crippen LogP contribution in [-0.2, 0) is 20.8 Å². The Kier molecular flexibility index (Phi) is 10.9. The van der Waals surface area contributed by atoms with Crippen molar-refractivity contribution in [1.29, 1.82) is 0 Å². The zero-order valence-electron chi connectivity index (χ0n) is 21.6. The Labute approximate surface area is 236 Å². The molecule has 0 aromatic heterocycles. The van der Waals surface area contributed by atoms with E-state index >= 15 is 0 Å². The van der Waals surface area contributed by atoms with Crippen LogP contribution < -0.4 is 20.9 Å². The Morgan fingerprint density at radius 2 is 1.67 bits per heavy atom. The average molecular weight is 585 g/mol. The van der Waals surface area contributed by atoms with Crippen molar-refractivity contribution in [2.24, 2.45) is 0 Å². The molecular weight excluding hydrogens is 553 g/mol. The molecule has 1 aliphatic rings. The number of phenolic OH excluding ortho intramolecular Hbond substituents is 1. The molecule has 1 fully saturated rings. The Morgan fingerprint density at radius 1 is 1.05 bits per heavy atom. The Bertz CT molecular complexity index is 1160. The number of aromatic hydroxyl groups is 1. The minimum Gasteiger partial charge on any atom is -0.505 e. The number of carbonyl (C=O) groups is 3. The molecule has 12 heteroatoms. The standard InChI is InChI=1S/C27H32Cl2F2N4O4/c1-3-5-20(24(37)27(39)32-2)34-26(38)21(14-15-12-18(28)23(36)19(29)13-15)33-22(25(30)31)16-6-8-17(9-7-16)35-10-4-11-35/h6-9,12-13,20-22,25,33,36H,3-5,10-11,14H2,1-2H3,(H,32,39)(H,34,38)/t20-,21-,22-/m0/s1. The number of ketones is 1. The number of halogens is 4. The molecule has 0 bridgehead atoms. The molecule has 0 unspecified atom stereocenters. The summed E-state index contributed by atoms with van der Waals surface area (Å²) >= 11 is 12.1. The van der Waals surface area contributed by atoms with Crippen LogP contribution in [-0.4, -0.2) is 61.4 Å². The number of nitrogens with zero attached hydrogens (tertiary/aromatic N) is 1. The Balaban J connectivity index is 1.90. The first-order valence-corrected chi connectivity index (χ1v) is 13.4. The van der Waals surface area contributed by atoms with Crippen LogP contribution in [0.2, 0.25) is 10.0 Å². The second-order valence-corrected chi connectivity index (χ2v) is 10.2. The maximum absolute atomic E-state index is 14.3. The molecule has 0 aliphatic carbocycles. The molecule has 0 saturated carbocycles. The first-order chi connectivity index (χ1) is 18.5. The molecule has 39 heavy (non-hydrogen) atoms. The summed E-state index contributed by atoms with van der Waals surface area (Å²) in [5, 5.41) is 17.3. The smallest absolute Gasteiger partial charge is 0.289 e. The van der Waals surface area contributed by atoms with Gasteiger partial charge >= 0.3 is 0 Å². The fraction of sp³-hybridized carbons (Fsp3) is 0.444. The summed E-state index contributed by atoms with van der Waals surface area (Å²) in [5.74, 6) is -2.81. The highest BCUT2D eigenvalue weighted by Gasteiger charge is 2.33. The number of carbonyl (C=O) groups excluding carboxylic acids is 3. The van der Waals surface area contributed by atoms with E-state index in [0.29, 0.717) is 12.0 Å². The van der Waals surface area contributed by atoms with Gasteiger partial charge in [0, 0.05) is 25.8 Å². The van der Waals surface area contributed by atoms with Crippen LogP contribution in [0.3, 0.4) is 0 Å². The molecule has 212 valence electrons. The first kappa shape index (κ1) is 30.6. The summed E-state index contributed by atoms with van der Waals surface area (Å²) in [7, 11) is 1.30. The number of amides is 2. The van der Waals surface area contributed by atoms with Gasteiger partial charge in [-0.25, -0.2) is 8.78 Å². The minimum atomic E-state index is -2.87. The Morgan fingerprint density at radius 3 is 2.15 bits per heavy atom.